The molecule has 2 amide bonds. The Hall–Kier alpha value is -6.12. The Bertz CT molecular complexity index is 1780. The molecule has 244 valence electrons. The van der Waals surface area contributed by atoms with E-state index in [4.69, 9.17) is 18.9 Å². The van der Waals surface area contributed by atoms with Crippen molar-refractivity contribution in [2.24, 2.45) is 0 Å². The average Bonchev–Trinajstić information content (AvgIpc) is 3.04. The second-order valence-corrected chi connectivity index (χ2v) is 10.4. The molecule has 0 unspecified atom stereocenters. The molecule has 15 nitrogen and oxygen atoms in total. The van der Waals surface area contributed by atoms with E-state index >= 15 is 0 Å². The summed E-state index contributed by atoms with van der Waals surface area (Å²) in [5.41, 5.74) is 0.411. The highest BCUT2D eigenvalue weighted by Gasteiger charge is 2.23. The third-order valence-corrected chi connectivity index (χ3v) is 6.03. The van der Waals surface area contributed by atoms with Crippen LogP contribution in [0.2, 0.25) is 0 Å². The Balaban J connectivity index is 1.64. The molecule has 0 saturated carbocycles. The van der Waals surface area contributed by atoms with E-state index < -0.39 is 34.5 Å². The smallest absolute Gasteiger partial charge is 0.356 e. The molecule has 0 aliphatic carbocycles. The number of hydrogen-bond acceptors (Lipinski definition) is 12. The highest BCUT2D eigenvalue weighted by atomic mass is 16.6. The maximum atomic E-state index is 13.4. The summed E-state index contributed by atoms with van der Waals surface area (Å²) in [5, 5.41) is 16.7. The summed E-state index contributed by atoms with van der Waals surface area (Å²) >= 11 is 0. The van der Waals surface area contributed by atoms with Gasteiger partial charge in [-0.25, -0.2) is 19.7 Å². The first-order valence-corrected chi connectivity index (χ1v) is 14.3. The summed E-state index contributed by atoms with van der Waals surface area (Å²) in [6.45, 7) is 6.91. The van der Waals surface area contributed by atoms with E-state index in [-0.39, 0.29) is 58.8 Å². The van der Waals surface area contributed by atoms with Crippen molar-refractivity contribution in [1.82, 2.24) is 15.0 Å². The highest BCUT2D eigenvalue weighted by Crippen LogP contribution is 2.29. The van der Waals surface area contributed by atoms with Crippen molar-refractivity contribution in [3.63, 3.8) is 0 Å². The molecule has 0 radical (unpaired) electrons. The Morgan fingerprint density at radius 3 is 1.81 bits per heavy atom. The van der Waals surface area contributed by atoms with Crippen LogP contribution in [0.5, 0.6) is 17.6 Å². The first-order valence-electron chi connectivity index (χ1n) is 14.3. The van der Waals surface area contributed by atoms with Crippen molar-refractivity contribution >= 4 is 34.8 Å². The number of ether oxygens (including phenoxy) is 4. The number of benzene rings is 1. The van der Waals surface area contributed by atoms with Crippen molar-refractivity contribution < 1.29 is 38.3 Å². The number of esters is 1. The van der Waals surface area contributed by atoms with Gasteiger partial charge in [0.25, 0.3) is 17.7 Å². The molecule has 15 heteroatoms. The third kappa shape index (κ3) is 8.97. The minimum Gasteiger partial charge on any atom is -0.473 e. The van der Waals surface area contributed by atoms with Crippen molar-refractivity contribution in [1.29, 1.82) is 0 Å². The van der Waals surface area contributed by atoms with Crippen molar-refractivity contribution in [2.75, 3.05) is 17.7 Å². The highest BCUT2D eigenvalue weighted by molar-refractivity contribution is 6.06. The van der Waals surface area contributed by atoms with Gasteiger partial charge in [-0.05, 0) is 63.6 Å². The maximum Gasteiger partial charge on any atom is 0.356 e. The van der Waals surface area contributed by atoms with Crippen LogP contribution in [0.15, 0.2) is 66.7 Å². The van der Waals surface area contributed by atoms with Gasteiger partial charge in [0.05, 0.1) is 24.2 Å². The van der Waals surface area contributed by atoms with E-state index in [1.807, 2.05) is 30.3 Å². The minimum absolute atomic E-state index is 0.00269. The molecule has 4 rings (SSSR count). The van der Waals surface area contributed by atoms with Gasteiger partial charge in [-0.3, -0.25) is 19.7 Å². The number of amides is 2. The number of nitrogens with zero attached hydrogens (tertiary/aromatic N) is 4. The minimum atomic E-state index is -0.732. The van der Waals surface area contributed by atoms with Crippen molar-refractivity contribution in [3.8, 4) is 17.6 Å². The summed E-state index contributed by atoms with van der Waals surface area (Å²) in [4.78, 5) is 61.9. The predicted molar refractivity (Wildman–Crippen MR) is 169 cm³/mol. The second-order valence-electron chi connectivity index (χ2n) is 10.4. The first-order chi connectivity index (χ1) is 22.4. The van der Waals surface area contributed by atoms with Crippen LogP contribution in [0.3, 0.4) is 0 Å². The van der Waals surface area contributed by atoms with E-state index in [1.54, 1.807) is 27.7 Å². The number of carbonyl (C=O) groups excluding carboxylic acids is 3. The van der Waals surface area contributed by atoms with E-state index in [9.17, 15) is 24.5 Å². The first kappa shape index (κ1) is 33.8. The Kier molecular flexibility index (Phi) is 11.0. The van der Waals surface area contributed by atoms with Crippen LogP contribution < -0.4 is 24.8 Å². The molecular formula is C32H32N6O9. The molecule has 3 heterocycles. The molecule has 3 aromatic heterocycles. The number of hydrogen-bond donors (Lipinski definition) is 2. The lowest BCUT2D eigenvalue weighted by Crippen LogP contribution is -2.19. The lowest BCUT2D eigenvalue weighted by molar-refractivity contribution is -0.386. The SMILES string of the molecule is COC(=O)c1ccc(NC(=O)c2ccc(NC(=O)c3ccc([N+](=O)[O-])c(OC(C)C)n3)c(OCc3ccccc3)n2)c(OC(C)C)n1. The zero-order chi connectivity index (χ0) is 34.1. The summed E-state index contributed by atoms with van der Waals surface area (Å²) in [5.74, 6) is -2.47. The molecule has 0 atom stereocenters. The number of aromatic nitrogens is 3. The van der Waals surface area contributed by atoms with Crippen molar-refractivity contribution in [3.05, 3.63) is 99.5 Å². The van der Waals surface area contributed by atoms with Gasteiger partial charge in [0.2, 0.25) is 11.8 Å². The molecular weight excluding hydrogens is 612 g/mol. The lowest BCUT2D eigenvalue weighted by atomic mass is 10.2. The fourth-order valence-corrected chi connectivity index (χ4v) is 3.95. The third-order valence-electron chi connectivity index (χ3n) is 6.03. The topological polar surface area (TPSA) is 194 Å². The molecule has 0 saturated heterocycles. The Morgan fingerprint density at radius 2 is 1.23 bits per heavy atom. The van der Waals surface area contributed by atoms with E-state index in [1.165, 1.54) is 37.4 Å². The second kappa shape index (κ2) is 15.2. The zero-order valence-electron chi connectivity index (χ0n) is 26.2. The van der Waals surface area contributed by atoms with Crippen LogP contribution in [-0.4, -0.2) is 57.0 Å². The number of rotatable bonds is 13. The molecule has 47 heavy (non-hydrogen) atoms. The summed E-state index contributed by atoms with van der Waals surface area (Å²) in [7, 11) is 1.22. The zero-order valence-corrected chi connectivity index (χ0v) is 26.2. The van der Waals surface area contributed by atoms with Crippen LogP contribution >= 0.6 is 0 Å². The van der Waals surface area contributed by atoms with E-state index in [0.29, 0.717) is 0 Å². The van der Waals surface area contributed by atoms with Crippen LogP contribution in [-0.2, 0) is 11.3 Å². The van der Waals surface area contributed by atoms with Gasteiger partial charge >= 0.3 is 11.7 Å². The molecule has 0 aliphatic rings. The number of carbonyl (C=O) groups is 3. The Labute approximate surface area is 269 Å². The predicted octanol–water partition coefficient (Wildman–Crippen LogP) is 5.22. The monoisotopic (exact) mass is 644 g/mol. The molecule has 0 aliphatic heterocycles. The number of pyridine rings is 3. The lowest BCUT2D eigenvalue weighted by Gasteiger charge is -2.16. The molecule has 0 spiro atoms. The number of nitro groups is 1. The number of methoxy groups -OCH3 is 1. The van der Waals surface area contributed by atoms with Crippen molar-refractivity contribution in [2.45, 2.75) is 46.5 Å². The molecule has 0 bridgehead atoms. The largest absolute Gasteiger partial charge is 0.473 e. The average molecular weight is 645 g/mol. The van der Waals surface area contributed by atoms with Gasteiger partial charge in [-0.15, -0.1) is 0 Å². The van der Waals surface area contributed by atoms with Gasteiger partial charge in [-0.2, -0.15) is 0 Å². The van der Waals surface area contributed by atoms with E-state index in [2.05, 4.69) is 25.6 Å². The number of anilines is 2. The summed E-state index contributed by atoms with van der Waals surface area (Å²) in [6, 6.07) is 17.1. The van der Waals surface area contributed by atoms with Crippen LogP contribution in [0.1, 0.15) is 64.7 Å². The molecule has 2 N–H and O–H groups in total. The van der Waals surface area contributed by atoms with Crippen LogP contribution in [0.4, 0.5) is 17.1 Å². The van der Waals surface area contributed by atoms with Crippen LogP contribution in [0, 0.1) is 10.1 Å². The maximum absolute atomic E-state index is 13.4. The summed E-state index contributed by atoms with van der Waals surface area (Å²) < 4.78 is 21.8. The quantitative estimate of drug-likeness (QED) is 0.110. The van der Waals surface area contributed by atoms with E-state index in [0.717, 1.165) is 11.6 Å². The number of nitrogens with one attached hydrogen (secondary N) is 2. The van der Waals surface area contributed by atoms with Gasteiger partial charge in [0.1, 0.15) is 29.4 Å². The molecule has 1 aromatic carbocycles. The fraction of sp³-hybridized carbons (Fsp3) is 0.250. The Morgan fingerprint density at radius 1 is 0.723 bits per heavy atom. The van der Waals surface area contributed by atoms with Gasteiger partial charge in [0.15, 0.2) is 5.69 Å². The van der Waals surface area contributed by atoms with Gasteiger partial charge in [0, 0.05) is 6.07 Å². The standard InChI is InChI=1S/C32H32N6O9/c1-18(2)46-30-24(13-14-25(37-30)32(41)44-5)34-27(39)21-11-12-23(29(35-21)45-17-20-9-7-6-8-10-20)33-28(40)22-15-16-26(38(42)43)31(36-22)47-19(3)4/h6-16,18-19H,17H2,1-5H3,(H,33,40)(H,34,39). The van der Waals surface area contributed by atoms with Gasteiger partial charge < -0.3 is 29.6 Å². The van der Waals surface area contributed by atoms with Gasteiger partial charge in [-0.1, -0.05) is 30.3 Å². The normalized spacial score (nSPS) is 10.7. The summed E-state index contributed by atoms with van der Waals surface area (Å²) in [6.07, 6.45) is -0.765. The van der Waals surface area contributed by atoms with Crippen LogP contribution in [0.25, 0.3) is 0 Å². The molecule has 0 fully saturated rings. The fourth-order valence-electron chi connectivity index (χ4n) is 3.95. The molecule has 4 aromatic rings.